The van der Waals surface area contributed by atoms with Gasteiger partial charge in [-0.1, -0.05) is 65.9 Å². The molecule has 2 aromatic carbocycles. The molecule has 2 aromatic rings. The molecule has 124 valence electrons. The number of nitrogens with zero attached hydrogens (tertiary/aromatic N) is 1. The topological polar surface area (TPSA) is 32.3 Å². The predicted octanol–water partition coefficient (Wildman–Crippen LogP) is 5.51. The van der Waals surface area contributed by atoms with Crippen molar-refractivity contribution in [2.75, 3.05) is 5.32 Å². The van der Waals surface area contributed by atoms with Gasteiger partial charge in [-0.25, -0.2) is 4.79 Å². The van der Waals surface area contributed by atoms with Crippen LogP contribution in [0.3, 0.4) is 0 Å². The van der Waals surface area contributed by atoms with E-state index in [9.17, 15) is 4.79 Å². The number of hydrogen-bond acceptors (Lipinski definition) is 3. The Morgan fingerprint density at radius 2 is 1.83 bits per heavy atom. The van der Waals surface area contributed by atoms with Crippen LogP contribution in [0.25, 0.3) is 0 Å². The second-order valence-corrected chi connectivity index (χ2v) is 8.34. The Balaban J connectivity index is 1.84. The summed E-state index contributed by atoms with van der Waals surface area (Å²) in [5, 5.41) is 3.60. The number of rotatable bonds is 2. The summed E-state index contributed by atoms with van der Waals surface area (Å²) >= 11 is 13.0. The number of amides is 2. The first-order chi connectivity index (χ1) is 11.4. The van der Waals surface area contributed by atoms with Gasteiger partial charge in [-0.2, -0.15) is 0 Å². The third-order valence-corrected chi connectivity index (χ3v) is 6.41. The molecule has 1 aliphatic rings. The van der Waals surface area contributed by atoms with E-state index in [1.807, 2.05) is 61.5 Å². The molecule has 24 heavy (non-hydrogen) atoms. The molecule has 1 heterocycles. The van der Waals surface area contributed by atoms with Crippen molar-refractivity contribution in [3.05, 3.63) is 65.2 Å². The Kier molecular flexibility index (Phi) is 4.85. The summed E-state index contributed by atoms with van der Waals surface area (Å²) in [5.41, 5.74) is 1.85. The van der Waals surface area contributed by atoms with Crippen LogP contribution in [0.15, 0.2) is 54.6 Å². The summed E-state index contributed by atoms with van der Waals surface area (Å²) in [4.78, 5) is 14.4. The van der Waals surface area contributed by atoms with E-state index in [-0.39, 0.29) is 16.8 Å². The van der Waals surface area contributed by atoms with E-state index >= 15 is 0 Å². The number of benzene rings is 2. The second-order valence-electron chi connectivity index (χ2n) is 5.82. The number of halogens is 1. The van der Waals surface area contributed by atoms with Gasteiger partial charge in [0.1, 0.15) is 4.32 Å². The van der Waals surface area contributed by atoms with Gasteiger partial charge in [-0.15, -0.1) is 0 Å². The van der Waals surface area contributed by atoms with Crippen LogP contribution < -0.4 is 5.32 Å². The number of nitrogens with one attached hydrogen (secondary N) is 1. The van der Waals surface area contributed by atoms with Crippen molar-refractivity contribution >= 4 is 51.6 Å². The molecule has 0 saturated carbocycles. The van der Waals surface area contributed by atoms with Crippen molar-refractivity contribution in [3.8, 4) is 0 Å². The van der Waals surface area contributed by atoms with E-state index in [4.69, 9.17) is 23.8 Å². The highest BCUT2D eigenvalue weighted by atomic mass is 35.5. The summed E-state index contributed by atoms with van der Waals surface area (Å²) in [5.74, 6) is 0. The summed E-state index contributed by atoms with van der Waals surface area (Å²) in [6, 6.07) is 16.8. The molecule has 3 rings (SSSR count). The van der Waals surface area contributed by atoms with Gasteiger partial charge >= 0.3 is 6.03 Å². The molecule has 1 N–H and O–H groups in total. The highest BCUT2D eigenvalue weighted by Gasteiger charge is 2.48. The van der Waals surface area contributed by atoms with Crippen molar-refractivity contribution in [3.63, 3.8) is 0 Å². The summed E-state index contributed by atoms with van der Waals surface area (Å²) in [6.07, 6.45) is 0. The maximum atomic E-state index is 12.7. The molecule has 1 fully saturated rings. The highest BCUT2D eigenvalue weighted by Crippen LogP contribution is 2.49. The summed E-state index contributed by atoms with van der Waals surface area (Å²) < 4.78 is 0.267. The zero-order valence-corrected chi connectivity index (χ0v) is 15.7. The number of urea groups is 1. The van der Waals surface area contributed by atoms with Gasteiger partial charge in [0.2, 0.25) is 0 Å². The standard InChI is InChI=1S/C18H17ClN2OS2/c1-12-18(2,13-8-10-14(19)11-9-13)24-17(23)21(12)16(22)20-15-6-4-3-5-7-15/h3-12H,1-2H3,(H,20,22)/t12-,18+/m1/s1. The molecule has 0 aromatic heterocycles. The maximum absolute atomic E-state index is 12.7. The zero-order valence-electron chi connectivity index (χ0n) is 13.3. The fourth-order valence-corrected chi connectivity index (χ4v) is 4.88. The van der Waals surface area contributed by atoms with Gasteiger partial charge in [0.15, 0.2) is 0 Å². The molecule has 1 saturated heterocycles. The predicted molar refractivity (Wildman–Crippen MR) is 106 cm³/mol. The lowest BCUT2D eigenvalue weighted by molar-refractivity contribution is 0.221. The van der Waals surface area contributed by atoms with Crippen molar-refractivity contribution in [2.45, 2.75) is 24.6 Å². The van der Waals surface area contributed by atoms with E-state index in [2.05, 4.69) is 12.2 Å². The van der Waals surface area contributed by atoms with Crippen molar-refractivity contribution in [1.29, 1.82) is 0 Å². The molecular weight excluding hydrogens is 360 g/mol. The number of thioether (sulfide) groups is 1. The molecule has 2 atom stereocenters. The minimum atomic E-state index is -0.310. The molecule has 0 aliphatic carbocycles. The van der Waals surface area contributed by atoms with E-state index in [0.29, 0.717) is 9.34 Å². The van der Waals surface area contributed by atoms with Crippen LogP contribution in [0.5, 0.6) is 0 Å². The first-order valence-corrected chi connectivity index (χ1v) is 9.16. The third-order valence-electron chi connectivity index (χ3n) is 4.34. The number of para-hydroxylation sites is 1. The van der Waals surface area contributed by atoms with Crippen molar-refractivity contribution in [1.82, 2.24) is 4.90 Å². The van der Waals surface area contributed by atoms with Crippen LogP contribution in [-0.2, 0) is 4.75 Å². The molecule has 2 amide bonds. The Hall–Kier alpha value is -1.56. The molecule has 1 aliphatic heterocycles. The fourth-order valence-electron chi connectivity index (χ4n) is 2.77. The van der Waals surface area contributed by atoms with E-state index in [1.54, 1.807) is 4.90 Å². The van der Waals surface area contributed by atoms with Gasteiger partial charge in [0.05, 0.1) is 10.8 Å². The molecule has 0 radical (unpaired) electrons. The Morgan fingerprint density at radius 1 is 1.21 bits per heavy atom. The van der Waals surface area contributed by atoms with Crippen LogP contribution in [0.2, 0.25) is 5.02 Å². The Morgan fingerprint density at radius 3 is 2.46 bits per heavy atom. The molecule has 3 nitrogen and oxygen atoms in total. The largest absolute Gasteiger partial charge is 0.327 e. The van der Waals surface area contributed by atoms with Crippen LogP contribution >= 0.6 is 35.6 Å². The van der Waals surface area contributed by atoms with Gasteiger partial charge in [-0.3, -0.25) is 4.90 Å². The first kappa shape index (κ1) is 17.3. The lowest BCUT2D eigenvalue weighted by atomic mass is 9.92. The van der Waals surface area contributed by atoms with Gasteiger partial charge in [0, 0.05) is 10.7 Å². The molecule has 0 unspecified atom stereocenters. The van der Waals surface area contributed by atoms with Gasteiger partial charge < -0.3 is 5.32 Å². The van der Waals surface area contributed by atoms with E-state index in [0.717, 1.165) is 11.3 Å². The van der Waals surface area contributed by atoms with Crippen LogP contribution in [0.1, 0.15) is 19.4 Å². The Labute approximate surface area is 156 Å². The number of anilines is 1. The first-order valence-electron chi connectivity index (χ1n) is 7.56. The monoisotopic (exact) mass is 376 g/mol. The van der Waals surface area contributed by atoms with Crippen molar-refractivity contribution < 1.29 is 4.79 Å². The zero-order chi connectivity index (χ0) is 17.3. The normalized spacial score (nSPS) is 23.4. The Bertz CT molecular complexity index is 766. The number of hydrogen-bond donors (Lipinski definition) is 1. The van der Waals surface area contributed by atoms with Gasteiger partial charge in [0.25, 0.3) is 0 Å². The average Bonchev–Trinajstić information content (AvgIpc) is 2.79. The average molecular weight is 377 g/mol. The third kappa shape index (κ3) is 3.16. The quantitative estimate of drug-likeness (QED) is 0.701. The van der Waals surface area contributed by atoms with Crippen LogP contribution in [0, 0.1) is 0 Å². The number of carbonyl (C=O) groups is 1. The number of thiocarbonyl (C=S) groups is 1. The molecular formula is C18H17ClN2OS2. The lowest BCUT2D eigenvalue weighted by Gasteiger charge is -2.31. The lowest BCUT2D eigenvalue weighted by Crippen LogP contribution is -2.44. The second kappa shape index (κ2) is 6.75. The van der Waals surface area contributed by atoms with Crippen molar-refractivity contribution in [2.24, 2.45) is 0 Å². The van der Waals surface area contributed by atoms with Crippen LogP contribution in [0.4, 0.5) is 10.5 Å². The maximum Gasteiger partial charge on any atom is 0.327 e. The number of carbonyl (C=O) groups excluding carboxylic acids is 1. The minimum absolute atomic E-state index is 0.0834. The van der Waals surface area contributed by atoms with E-state index < -0.39 is 0 Å². The smallest absolute Gasteiger partial charge is 0.308 e. The summed E-state index contributed by atoms with van der Waals surface area (Å²) in [7, 11) is 0. The van der Waals surface area contributed by atoms with Crippen LogP contribution in [-0.4, -0.2) is 21.3 Å². The SMILES string of the molecule is C[C@H]1N(C(=O)Nc2ccccc2)C(=S)S[C@]1(C)c1ccc(Cl)cc1. The van der Waals surface area contributed by atoms with E-state index in [1.165, 1.54) is 11.8 Å². The van der Waals surface area contributed by atoms with Gasteiger partial charge in [-0.05, 0) is 43.7 Å². The molecule has 6 heteroatoms. The minimum Gasteiger partial charge on any atom is -0.308 e. The molecule has 0 bridgehead atoms. The highest BCUT2D eigenvalue weighted by molar-refractivity contribution is 8.23. The summed E-state index contributed by atoms with van der Waals surface area (Å²) in [6.45, 7) is 4.12. The fraction of sp³-hybridized carbons (Fsp3) is 0.222. The molecule has 0 spiro atoms.